The molecule has 0 saturated carbocycles. The molecule has 2 N–H and O–H groups in total. The summed E-state index contributed by atoms with van der Waals surface area (Å²) in [7, 11) is 0. The first-order chi connectivity index (χ1) is 13.0. The molecular formula is C19H18ClF3N2O3. The summed E-state index contributed by atoms with van der Waals surface area (Å²) in [5, 5.41) is 21.8. The monoisotopic (exact) mass is 414 g/mol. The molecule has 5 nitrogen and oxygen atoms in total. The van der Waals surface area contributed by atoms with Crippen molar-refractivity contribution in [3.63, 3.8) is 0 Å². The van der Waals surface area contributed by atoms with Gasteiger partial charge < -0.3 is 15.2 Å². The molecule has 1 rings (SSSR count). The van der Waals surface area contributed by atoms with E-state index in [1.165, 1.54) is 13.0 Å². The van der Waals surface area contributed by atoms with Gasteiger partial charge in [-0.2, -0.15) is 18.4 Å². The van der Waals surface area contributed by atoms with Gasteiger partial charge in [0.1, 0.15) is 12.4 Å². The number of nitrogens with zero attached hydrogens (tertiary/aromatic N) is 1. The Bertz CT molecular complexity index is 807. The molecule has 0 fully saturated rings. The number of halogens is 4. The van der Waals surface area contributed by atoms with Crippen LogP contribution in [-0.2, 0) is 4.79 Å². The van der Waals surface area contributed by atoms with E-state index in [4.69, 9.17) is 21.6 Å². The fourth-order valence-corrected chi connectivity index (χ4v) is 1.91. The Hall–Kier alpha value is -2.76. The standard InChI is InChI=1S/C19H18ClF3N2O3/c1-3-15(7-4-13(11-24)10-19(21,22)23)25-17(26)18(2,27)12-28-16-8-5-14(20)6-9-16/h3-9,27H,1,10,12H2,2H3,(H,25,26)/b13-4+,15-7+/t18-/m0/s1. The highest BCUT2D eigenvalue weighted by molar-refractivity contribution is 6.30. The predicted molar refractivity (Wildman–Crippen MR) is 98.4 cm³/mol. The fraction of sp³-hybridized carbons (Fsp3) is 0.263. The van der Waals surface area contributed by atoms with Gasteiger partial charge in [0.05, 0.1) is 12.5 Å². The molecule has 9 heteroatoms. The van der Waals surface area contributed by atoms with Gasteiger partial charge in [-0.05, 0) is 49.4 Å². The van der Waals surface area contributed by atoms with Crippen LogP contribution in [-0.4, -0.2) is 29.4 Å². The number of aliphatic hydroxyl groups is 1. The van der Waals surface area contributed by atoms with Gasteiger partial charge in [-0.15, -0.1) is 0 Å². The van der Waals surface area contributed by atoms with Crippen molar-refractivity contribution < 1.29 is 27.8 Å². The van der Waals surface area contributed by atoms with Crippen molar-refractivity contribution in [2.24, 2.45) is 0 Å². The number of ether oxygens (including phenoxy) is 1. The van der Waals surface area contributed by atoms with E-state index in [0.717, 1.165) is 18.2 Å². The van der Waals surface area contributed by atoms with E-state index in [-0.39, 0.29) is 5.70 Å². The van der Waals surface area contributed by atoms with Gasteiger partial charge in [0.15, 0.2) is 5.60 Å². The summed E-state index contributed by atoms with van der Waals surface area (Å²) in [5.74, 6) is -0.485. The van der Waals surface area contributed by atoms with E-state index in [2.05, 4.69) is 11.9 Å². The van der Waals surface area contributed by atoms with Gasteiger partial charge in [-0.25, -0.2) is 0 Å². The summed E-state index contributed by atoms with van der Waals surface area (Å²) in [6.07, 6.45) is -2.76. The Morgan fingerprint density at radius 2 is 1.96 bits per heavy atom. The third-order valence-electron chi connectivity index (χ3n) is 3.30. The first-order valence-corrected chi connectivity index (χ1v) is 8.27. The van der Waals surface area contributed by atoms with Crippen LogP contribution in [0.3, 0.4) is 0 Å². The molecule has 0 aliphatic rings. The van der Waals surface area contributed by atoms with Crippen molar-refractivity contribution in [1.29, 1.82) is 5.26 Å². The third kappa shape index (κ3) is 8.29. The van der Waals surface area contributed by atoms with E-state index < -0.39 is 36.3 Å². The van der Waals surface area contributed by atoms with Gasteiger partial charge in [0.2, 0.25) is 0 Å². The van der Waals surface area contributed by atoms with Gasteiger partial charge in [-0.1, -0.05) is 18.2 Å². The number of alkyl halides is 3. The van der Waals surface area contributed by atoms with Crippen molar-refractivity contribution in [1.82, 2.24) is 5.32 Å². The molecule has 0 saturated heterocycles. The van der Waals surface area contributed by atoms with Crippen molar-refractivity contribution in [2.45, 2.75) is 25.1 Å². The topological polar surface area (TPSA) is 82.4 Å². The lowest BCUT2D eigenvalue weighted by atomic mass is 10.1. The van der Waals surface area contributed by atoms with E-state index >= 15 is 0 Å². The molecule has 0 spiro atoms. The lowest BCUT2D eigenvalue weighted by Gasteiger charge is -2.22. The first kappa shape index (κ1) is 23.3. The number of amides is 1. The van der Waals surface area contributed by atoms with Gasteiger partial charge >= 0.3 is 6.18 Å². The molecular weight excluding hydrogens is 397 g/mol. The van der Waals surface area contributed by atoms with E-state index in [9.17, 15) is 23.1 Å². The maximum Gasteiger partial charge on any atom is 0.393 e. The SMILES string of the molecule is C=C/C(=C\C=C(\C#N)CC(F)(F)F)NC(=O)[C@@](C)(O)COc1ccc(Cl)cc1. The average molecular weight is 415 g/mol. The quantitative estimate of drug-likeness (QED) is 0.496. The second kappa shape index (κ2) is 9.97. The van der Waals surface area contributed by atoms with E-state index in [1.807, 2.05) is 0 Å². The molecule has 1 aromatic carbocycles. The lowest BCUT2D eigenvalue weighted by Crippen LogP contribution is -2.48. The van der Waals surface area contributed by atoms with Gasteiger partial charge in [0, 0.05) is 16.3 Å². The highest BCUT2D eigenvalue weighted by atomic mass is 35.5. The number of rotatable bonds is 8. The Labute approximate surface area is 165 Å². The molecule has 0 aromatic heterocycles. The Kier molecular flexibility index (Phi) is 8.29. The maximum absolute atomic E-state index is 12.4. The van der Waals surface area contributed by atoms with Crippen molar-refractivity contribution in [3.05, 3.63) is 65.4 Å². The number of carbonyl (C=O) groups excluding carboxylic acids is 1. The number of carbonyl (C=O) groups is 1. The molecule has 0 aliphatic carbocycles. The minimum absolute atomic E-state index is 0.00620. The normalized spacial score (nSPS) is 14.6. The number of hydrogen-bond donors (Lipinski definition) is 2. The van der Waals surface area contributed by atoms with Gasteiger partial charge in [0.25, 0.3) is 5.91 Å². The van der Waals surface area contributed by atoms with E-state index in [1.54, 1.807) is 24.3 Å². The third-order valence-corrected chi connectivity index (χ3v) is 3.55. The summed E-state index contributed by atoms with van der Waals surface area (Å²) in [5.41, 5.74) is -2.49. The number of nitriles is 1. The molecule has 150 valence electrons. The van der Waals surface area contributed by atoms with Crippen LogP contribution in [0.4, 0.5) is 13.2 Å². The number of nitrogens with one attached hydrogen (secondary N) is 1. The minimum atomic E-state index is -4.53. The Balaban J connectivity index is 2.78. The minimum Gasteiger partial charge on any atom is -0.490 e. The van der Waals surface area contributed by atoms with Crippen LogP contribution in [0.25, 0.3) is 0 Å². The smallest absolute Gasteiger partial charge is 0.393 e. The average Bonchev–Trinajstić information content (AvgIpc) is 2.62. The summed E-state index contributed by atoms with van der Waals surface area (Å²) >= 11 is 5.75. The van der Waals surface area contributed by atoms with E-state index in [0.29, 0.717) is 10.8 Å². The largest absolute Gasteiger partial charge is 0.490 e. The van der Waals surface area contributed by atoms with Crippen LogP contribution in [0.5, 0.6) is 5.75 Å². The van der Waals surface area contributed by atoms with Crippen LogP contribution in [0.2, 0.25) is 5.02 Å². The zero-order chi connectivity index (χ0) is 21.4. The number of allylic oxidation sites excluding steroid dienone is 4. The molecule has 0 heterocycles. The number of hydrogen-bond acceptors (Lipinski definition) is 4. The summed E-state index contributed by atoms with van der Waals surface area (Å²) in [6.45, 7) is 4.25. The molecule has 0 aliphatic heterocycles. The summed E-state index contributed by atoms with van der Waals surface area (Å²) < 4.78 is 42.4. The van der Waals surface area contributed by atoms with Crippen molar-refractivity contribution in [3.8, 4) is 11.8 Å². The molecule has 0 radical (unpaired) electrons. The van der Waals surface area contributed by atoms with Crippen LogP contribution < -0.4 is 10.1 Å². The van der Waals surface area contributed by atoms with Gasteiger partial charge in [-0.3, -0.25) is 4.79 Å². The summed E-state index contributed by atoms with van der Waals surface area (Å²) in [6, 6.07) is 7.69. The zero-order valence-electron chi connectivity index (χ0n) is 14.9. The molecule has 28 heavy (non-hydrogen) atoms. The second-order valence-corrected chi connectivity index (χ2v) is 6.33. The molecule has 0 unspecified atom stereocenters. The highest BCUT2D eigenvalue weighted by Gasteiger charge is 2.32. The van der Waals surface area contributed by atoms with Crippen LogP contribution in [0.15, 0.2) is 60.3 Å². The van der Waals surface area contributed by atoms with Crippen molar-refractivity contribution in [2.75, 3.05) is 6.61 Å². The Morgan fingerprint density at radius 1 is 1.36 bits per heavy atom. The van der Waals surface area contributed by atoms with Crippen LogP contribution in [0.1, 0.15) is 13.3 Å². The first-order valence-electron chi connectivity index (χ1n) is 7.89. The maximum atomic E-state index is 12.4. The number of benzene rings is 1. The highest BCUT2D eigenvalue weighted by Crippen LogP contribution is 2.24. The molecule has 0 bridgehead atoms. The second-order valence-electron chi connectivity index (χ2n) is 5.89. The van der Waals surface area contributed by atoms with Crippen LogP contribution >= 0.6 is 11.6 Å². The molecule has 1 aromatic rings. The van der Waals surface area contributed by atoms with Crippen LogP contribution in [0, 0.1) is 11.3 Å². The lowest BCUT2D eigenvalue weighted by molar-refractivity contribution is -0.140. The zero-order valence-corrected chi connectivity index (χ0v) is 15.6. The summed E-state index contributed by atoms with van der Waals surface area (Å²) in [4.78, 5) is 12.2. The Morgan fingerprint density at radius 3 is 2.46 bits per heavy atom. The fourth-order valence-electron chi connectivity index (χ4n) is 1.79. The molecule has 1 atom stereocenters. The van der Waals surface area contributed by atoms with Crippen molar-refractivity contribution >= 4 is 17.5 Å². The molecule has 1 amide bonds. The predicted octanol–water partition coefficient (Wildman–Crippen LogP) is 4.06.